The molecule has 4 rings (SSSR count). The molecule has 0 fully saturated rings. The first kappa shape index (κ1) is 22.3. The molecular weight excluding hydrogens is 457 g/mol. The largest absolute Gasteiger partial charge is 0.418 e. The zero-order valence-corrected chi connectivity index (χ0v) is 16.5. The molecule has 0 aliphatic rings. The summed E-state index contributed by atoms with van der Waals surface area (Å²) < 4.78 is 101. The third-order valence-corrected chi connectivity index (χ3v) is 5.02. The highest BCUT2D eigenvalue weighted by Gasteiger charge is 2.38. The Labute approximate surface area is 180 Å². The van der Waals surface area contributed by atoms with E-state index in [9.17, 15) is 30.7 Å². The Morgan fingerprint density at radius 1 is 1.06 bits per heavy atom. The normalized spacial score (nSPS) is 12.3. The van der Waals surface area contributed by atoms with Crippen LogP contribution < -0.4 is 0 Å². The number of nitriles is 1. The molecule has 0 bridgehead atoms. The van der Waals surface area contributed by atoms with Crippen molar-refractivity contribution in [3.05, 3.63) is 70.4 Å². The van der Waals surface area contributed by atoms with E-state index in [1.807, 2.05) is 0 Å². The van der Waals surface area contributed by atoms with Gasteiger partial charge in [-0.25, -0.2) is 4.39 Å². The summed E-state index contributed by atoms with van der Waals surface area (Å²) in [6.07, 6.45) is -9.57. The third-order valence-electron chi connectivity index (χ3n) is 5.02. The molecule has 170 valence electrons. The van der Waals surface area contributed by atoms with Gasteiger partial charge in [-0.2, -0.15) is 36.6 Å². The van der Waals surface area contributed by atoms with Crippen LogP contribution in [-0.4, -0.2) is 14.7 Å². The Hall–Kier alpha value is -3.88. The molecule has 0 spiro atoms. The minimum atomic E-state index is -4.98. The molecule has 0 amide bonds. The van der Waals surface area contributed by atoms with Crippen LogP contribution in [-0.2, 0) is 18.9 Å². The topological polar surface area (TPSA) is 67.6 Å². The first-order valence-electron chi connectivity index (χ1n) is 9.20. The molecule has 2 aromatic carbocycles. The highest BCUT2D eigenvalue weighted by Crippen LogP contribution is 2.40. The second kappa shape index (κ2) is 7.61. The molecular formula is C21H11F7N4O. The number of halogens is 7. The number of alkyl halides is 6. The van der Waals surface area contributed by atoms with Crippen molar-refractivity contribution in [3.8, 4) is 17.5 Å². The number of aromatic nitrogens is 3. The van der Waals surface area contributed by atoms with Gasteiger partial charge >= 0.3 is 12.4 Å². The standard InChI is InChI=1S/C21H11F7N4O/c1-10-18(22)16-14(6-5-12(8-29)17(16)21(26,27)28)32(10)9-15-30-19(33-31-15)11-3-2-4-13(7-11)20(23,24)25/h2-7H,9H2,1H3. The summed E-state index contributed by atoms with van der Waals surface area (Å²) in [6.45, 7) is 0.924. The van der Waals surface area contributed by atoms with Gasteiger partial charge in [0.05, 0.1) is 40.5 Å². The highest BCUT2D eigenvalue weighted by atomic mass is 19.4. The zero-order chi connectivity index (χ0) is 24.1. The zero-order valence-electron chi connectivity index (χ0n) is 16.5. The van der Waals surface area contributed by atoms with Crippen LogP contribution in [0.4, 0.5) is 30.7 Å². The van der Waals surface area contributed by atoms with Gasteiger partial charge in [-0.15, -0.1) is 0 Å². The van der Waals surface area contributed by atoms with Crippen LogP contribution in [0.1, 0.15) is 28.2 Å². The van der Waals surface area contributed by atoms with Crippen LogP contribution in [0.25, 0.3) is 22.4 Å². The number of fused-ring (bicyclic) bond motifs is 1. The number of rotatable bonds is 3. The van der Waals surface area contributed by atoms with Gasteiger partial charge < -0.3 is 9.09 Å². The van der Waals surface area contributed by atoms with Gasteiger partial charge in [0.15, 0.2) is 11.6 Å². The van der Waals surface area contributed by atoms with Crippen molar-refractivity contribution >= 4 is 10.9 Å². The molecule has 2 aromatic heterocycles. The van der Waals surface area contributed by atoms with E-state index in [1.165, 1.54) is 29.7 Å². The van der Waals surface area contributed by atoms with Crippen molar-refractivity contribution in [3.63, 3.8) is 0 Å². The van der Waals surface area contributed by atoms with Crippen molar-refractivity contribution < 1.29 is 35.3 Å². The van der Waals surface area contributed by atoms with Gasteiger partial charge in [-0.1, -0.05) is 11.2 Å². The molecule has 0 aliphatic carbocycles. The van der Waals surface area contributed by atoms with E-state index in [1.54, 1.807) is 0 Å². The van der Waals surface area contributed by atoms with Gasteiger partial charge in [0, 0.05) is 10.9 Å². The summed E-state index contributed by atoms with van der Waals surface area (Å²) in [6, 6.07) is 7.69. The van der Waals surface area contributed by atoms with E-state index in [0.29, 0.717) is 0 Å². The molecule has 2 heterocycles. The Bertz CT molecular complexity index is 1410. The van der Waals surface area contributed by atoms with Crippen LogP contribution >= 0.6 is 0 Å². The van der Waals surface area contributed by atoms with Gasteiger partial charge in [-0.3, -0.25) is 0 Å². The van der Waals surface area contributed by atoms with Crippen molar-refractivity contribution in [1.29, 1.82) is 5.26 Å². The average Bonchev–Trinajstić information content (AvgIpc) is 3.31. The van der Waals surface area contributed by atoms with Crippen molar-refractivity contribution in [2.24, 2.45) is 0 Å². The monoisotopic (exact) mass is 468 g/mol. The minimum absolute atomic E-state index is 0.0122. The lowest BCUT2D eigenvalue weighted by Gasteiger charge is -2.11. The van der Waals surface area contributed by atoms with Crippen molar-refractivity contribution in [2.75, 3.05) is 0 Å². The van der Waals surface area contributed by atoms with Crippen LogP contribution in [0.5, 0.6) is 0 Å². The van der Waals surface area contributed by atoms with Crippen LogP contribution in [0.3, 0.4) is 0 Å². The summed E-state index contributed by atoms with van der Waals surface area (Å²) in [7, 11) is 0. The fourth-order valence-electron chi connectivity index (χ4n) is 3.52. The molecule has 4 aromatic rings. The summed E-state index contributed by atoms with van der Waals surface area (Å²) in [5.74, 6) is -1.50. The predicted molar refractivity (Wildman–Crippen MR) is 100 cm³/mol. The molecule has 0 radical (unpaired) electrons. The Kier molecular flexibility index (Phi) is 5.15. The van der Waals surface area contributed by atoms with E-state index in [-0.39, 0.29) is 35.0 Å². The van der Waals surface area contributed by atoms with Gasteiger partial charge in [0.2, 0.25) is 0 Å². The van der Waals surface area contributed by atoms with Crippen molar-refractivity contribution in [1.82, 2.24) is 14.7 Å². The molecule has 0 saturated heterocycles. The second-order valence-corrected chi connectivity index (χ2v) is 7.07. The van der Waals surface area contributed by atoms with Gasteiger partial charge in [-0.05, 0) is 37.3 Å². The maximum Gasteiger partial charge on any atom is 0.418 e. The summed E-state index contributed by atoms with van der Waals surface area (Å²) in [5, 5.41) is 11.9. The lowest BCUT2D eigenvalue weighted by atomic mass is 10.0. The summed E-state index contributed by atoms with van der Waals surface area (Å²) >= 11 is 0. The second-order valence-electron chi connectivity index (χ2n) is 7.07. The maximum absolute atomic E-state index is 14.9. The molecule has 12 heteroatoms. The van der Waals surface area contributed by atoms with Crippen molar-refractivity contribution in [2.45, 2.75) is 25.8 Å². The lowest BCUT2D eigenvalue weighted by molar-refractivity contribution is -0.138. The van der Waals surface area contributed by atoms with E-state index >= 15 is 0 Å². The fourth-order valence-corrected chi connectivity index (χ4v) is 3.52. The molecule has 0 unspecified atom stereocenters. The molecule has 0 N–H and O–H groups in total. The smallest absolute Gasteiger partial charge is 0.334 e. The van der Waals surface area contributed by atoms with E-state index < -0.39 is 40.2 Å². The molecule has 33 heavy (non-hydrogen) atoms. The number of benzene rings is 2. The van der Waals surface area contributed by atoms with Crippen LogP contribution in [0, 0.1) is 24.1 Å². The molecule has 0 atom stereocenters. The Morgan fingerprint density at radius 3 is 2.42 bits per heavy atom. The highest BCUT2D eigenvalue weighted by molar-refractivity contribution is 5.88. The van der Waals surface area contributed by atoms with Gasteiger partial charge in [0.1, 0.15) is 0 Å². The first-order valence-corrected chi connectivity index (χ1v) is 9.20. The van der Waals surface area contributed by atoms with Crippen LogP contribution in [0.2, 0.25) is 0 Å². The van der Waals surface area contributed by atoms with E-state index in [0.717, 1.165) is 24.3 Å². The van der Waals surface area contributed by atoms with Crippen LogP contribution in [0.15, 0.2) is 40.9 Å². The average molecular weight is 468 g/mol. The lowest BCUT2D eigenvalue weighted by Crippen LogP contribution is -2.09. The summed E-state index contributed by atoms with van der Waals surface area (Å²) in [4.78, 5) is 4.00. The van der Waals surface area contributed by atoms with Gasteiger partial charge in [0.25, 0.3) is 5.89 Å². The summed E-state index contributed by atoms with van der Waals surface area (Å²) in [5.41, 5.74) is -3.38. The third kappa shape index (κ3) is 3.90. The van der Waals surface area contributed by atoms with E-state index in [4.69, 9.17) is 9.78 Å². The predicted octanol–water partition coefficient (Wildman–Crippen LogP) is 6.10. The SMILES string of the molecule is Cc1c(F)c2c(C(F)(F)F)c(C#N)ccc2n1Cc1noc(-c2cccc(C(F)(F)F)c2)n1. The Morgan fingerprint density at radius 2 is 1.79 bits per heavy atom. The minimum Gasteiger partial charge on any atom is -0.334 e. The molecule has 0 saturated carbocycles. The Balaban J connectivity index is 1.77. The first-order chi connectivity index (χ1) is 15.4. The number of hydrogen-bond acceptors (Lipinski definition) is 4. The molecule has 5 nitrogen and oxygen atoms in total. The molecule has 0 aliphatic heterocycles. The number of nitrogens with zero attached hydrogens (tertiary/aromatic N) is 4. The number of hydrogen-bond donors (Lipinski definition) is 0. The quantitative estimate of drug-likeness (QED) is 0.341. The fraction of sp³-hybridized carbons (Fsp3) is 0.190. The maximum atomic E-state index is 14.9. The van der Waals surface area contributed by atoms with E-state index in [2.05, 4.69) is 10.1 Å².